The molecule has 0 radical (unpaired) electrons. The van der Waals surface area contributed by atoms with Gasteiger partial charge in [0.05, 0.1) is 12.6 Å². The summed E-state index contributed by atoms with van der Waals surface area (Å²) in [4.78, 5) is 14.6. The van der Waals surface area contributed by atoms with Gasteiger partial charge in [-0.3, -0.25) is 15.0 Å². The highest BCUT2D eigenvalue weighted by atomic mass is 16.6. The van der Waals surface area contributed by atoms with Crippen molar-refractivity contribution in [2.24, 2.45) is 0 Å². The average molecular weight is 268 g/mol. The number of hydrogen-bond donors (Lipinski definition) is 1. The molecule has 106 valence electrons. The minimum Gasteiger partial charge on any atom is -0.404 e. The smallest absolute Gasteiger partial charge is 0.404 e. The molecule has 19 heavy (non-hydrogen) atoms. The second-order valence-electron chi connectivity index (χ2n) is 5.02. The van der Waals surface area contributed by atoms with Gasteiger partial charge in [-0.1, -0.05) is 0 Å². The molecular formula is C12H20N4O3. The zero-order chi connectivity index (χ0) is 13.8. The molecule has 1 unspecified atom stereocenters. The highest BCUT2D eigenvalue weighted by molar-refractivity contribution is 5.17. The van der Waals surface area contributed by atoms with Crippen LogP contribution in [0.5, 0.6) is 0 Å². The van der Waals surface area contributed by atoms with Gasteiger partial charge in [0.1, 0.15) is 10.7 Å². The summed E-state index contributed by atoms with van der Waals surface area (Å²) in [6.07, 6.45) is 0. The van der Waals surface area contributed by atoms with E-state index in [2.05, 4.69) is 29.2 Å². The fourth-order valence-electron chi connectivity index (χ4n) is 2.24. The lowest BCUT2D eigenvalue weighted by Gasteiger charge is -2.37. The number of nitrogens with one attached hydrogen (secondary N) is 1. The molecule has 1 aliphatic rings. The number of likely N-dealkylation sites (N-methyl/N-ethyl adjacent to an activating group) is 2. The Kier molecular flexibility index (Phi) is 4.52. The maximum absolute atomic E-state index is 10.5. The summed E-state index contributed by atoms with van der Waals surface area (Å²) in [5, 5.41) is 13.8. The Bertz CT molecular complexity index is 434. The first-order valence-electron chi connectivity index (χ1n) is 6.39. The van der Waals surface area contributed by atoms with Gasteiger partial charge in [0, 0.05) is 32.2 Å². The van der Waals surface area contributed by atoms with Crippen molar-refractivity contribution in [3.8, 4) is 0 Å². The Labute approximate surface area is 112 Å². The van der Waals surface area contributed by atoms with Crippen LogP contribution in [0.3, 0.4) is 0 Å². The molecule has 1 atom stereocenters. The van der Waals surface area contributed by atoms with Gasteiger partial charge < -0.3 is 14.6 Å². The normalized spacial score (nSPS) is 21.7. The molecule has 2 heterocycles. The van der Waals surface area contributed by atoms with Crippen LogP contribution in [0.4, 0.5) is 5.88 Å². The number of nitro groups is 1. The molecule has 0 aliphatic carbocycles. The Morgan fingerprint density at radius 2 is 2.26 bits per heavy atom. The fraction of sp³-hybridized carbons (Fsp3) is 0.667. The number of nitrogens with zero attached hydrogens (tertiary/aromatic N) is 3. The molecule has 2 rings (SSSR count). The highest BCUT2D eigenvalue weighted by Gasteiger charge is 2.21. The molecule has 1 aliphatic heterocycles. The first kappa shape index (κ1) is 14.0. The lowest BCUT2D eigenvalue weighted by atomic mass is 10.2. The molecule has 1 aromatic rings. The zero-order valence-corrected chi connectivity index (χ0v) is 11.3. The molecule has 0 bridgehead atoms. The van der Waals surface area contributed by atoms with Crippen LogP contribution >= 0.6 is 0 Å². The molecule has 1 aromatic heterocycles. The summed E-state index contributed by atoms with van der Waals surface area (Å²) in [6.45, 7) is 4.55. The number of hydrogen-bond acceptors (Lipinski definition) is 6. The van der Waals surface area contributed by atoms with Crippen molar-refractivity contribution in [2.45, 2.75) is 12.6 Å². The van der Waals surface area contributed by atoms with E-state index in [1.54, 1.807) is 6.07 Å². The van der Waals surface area contributed by atoms with E-state index in [1.165, 1.54) is 6.07 Å². The van der Waals surface area contributed by atoms with Crippen LogP contribution in [0, 0.1) is 10.1 Å². The Balaban J connectivity index is 1.77. The summed E-state index contributed by atoms with van der Waals surface area (Å²) in [6, 6.07) is 3.49. The summed E-state index contributed by atoms with van der Waals surface area (Å²) in [7, 11) is 4.24. The third-order valence-corrected chi connectivity index (χ3v) is 3.49. The van der Waals surface area contributed by atoms with E-state index in [9.17, 15) is 10.1 Å². The molecule has 7 nitrogen and oxygen atoms in total. The molecule has 0 saturated carbocycles. The van der Waals surface area contributed by atoms with E-state index in [0.29, 0.717) is 18.3 Å². The van der Waals surface area contributed by atoms with Crippen molar-refractivity contribution in [1.82, 2.24) is 15.1 Å². The largest absolute Gasteiger partial charge is 0.433 e. The highest BCUT2D eigenvalue weighted by Crippen LogP contribution is 2.15. The number of piperazine rings is 1. The third kappa shape index (κ3) is 3.76. The van der Waals surface area contributed by atoms with Crippen molar-refractivity contribution in [2.75, 3.05) is 40.3 Å². The monoisotopic (exact) mass is 268 g/mol. The lowest BCUT2D eigenvalue weighted by Crippen LogP contribution is -2.53. The fourth-order valence-corrected chi connectivity index (χ4v) is 2.24. The quantitative estimate of drug-likeness (QED) is 0.620. The van der Waals surface area contributed by atoms with Crippen LogP contribution in [0.1, 0.15) is 5.76 Å². The maximum Gasteiger partial charge on any atom is 0.433 e. The SMILES string of the molecule is CN1CCN(C)C(CNCc2ccc([N+](=O)[O-])o2)C1. The van der Waals surface area contributed by atoms with E-state index in [1.807, 2.05) is 0 Å². The van der Waals surface area contributed by atoms with Crippen LogP contribution in [0.25, 0.3) is 0 Å². The maximum atomic E-state index is 10.5. The Morgan fingerprint density at radius 3 is 2.95 bits per heavy atom. The molecule has 0 aromatic carbocycles. The van der Waals surface area contributed by atoms with Gasteiger partial charge in [-0.15, -0.1) is 0 Å². The number of rotatable bonds is 5. The Morgan fingerprint density at radius 1 is 1.47 bits per heavy atom. The summed E-state index contributed by atoms with van der Waals surface area (Å²) < 4.78 is 5.10. The minimum absolute atomic E-state index is 0.202. The predicted octanol–water partition coefficient (Wildman–Crippen LogP) is 0.523. The van der Waals surface area contributed by atoms with Crippen LogP contribution < -0.4 is 5.32 Å². The second kappa shape index (κ2) is 6.14. The van der Waals surface area contributed by atoms with Crippen LogP contribution in [0.15, 0.2) is 16.5 Å². The van der Waals surface area contributed by atoms with Crippen molar-refractivity contribution >= 4 is 5.88 Å². The van der Waals surface area contributed by atoms with Crippen LogP contribution in [0.2, 0.25) is 0 Å². The third-order valence-electron chi connectivity index (χ3n) is 3.49. The topological polar surface area (TPSA) is 74.8 Å². The Hall–Kier alpha value is -1.44. The average Bonchev–Trinajstić information content (AvgIpc) is 2.82. The van der Waals surface area contributed by atoms with Crippen molar-refractivity contribution in [1.29, 1.82) is 0 Å². The summed E-state index contributed by atoms with van der Waals surface area (Å²) in [5.74, 6) is 0.393. The first-order valence-corrected chi connectivity index (χ1v) is 6.39. The van der Waals surface area contributed by atoms with Gasteiger partial charge in [0.25, 0.3) is 0 Å². The number of furan rings is 1. The van der Waals surface area contributed by atoms with Gasteiger partial charge in [-0.2, -0.15) is 0 Å². The first-order chi connectivity index (χ1) is 9.06. The standard InChI is InChI=1S/C12H20N4O3/c1-14-5-6-15(2)10(9-14)7-13-8-11-3-4-12(19-11)16(17)18/h3-4,10,13H,5-9H2,1-2H3. The molecule has 0 spiro atoms. The summed E-state index contributed by atoms with van der Waals surface area (Å²) in [5.41, 5.74) is 0. The van der Waals surface area contributed by atoms with Gasteiger partial charge >= 0.3 is 5.88 Å². The molecule has 1 N–H and O–H groups in total. The molecule has 0 amide bonds. The van der Waals surface area contributed by atoms with Crippen molar-refractivity contribution < 1.29 is 9.34 Å². The molecule has 1 saturated heterocycles. The van der Waals surface area contributed by atoms with Gasteiger partial charge in [0.2, 0.25) is 0 Å². The van der Waals surface area contributed by atoms with Crippen molar-refractivity contribution in [3.05, 3.63) is 28.0 Å². The molecular weight excluding hydrogens is 248 g/mol. The lowest BCUT2D eigenvalue weighted by molar-refractivity contribution is -0.402. The van der Waals surface area contributed by atoms with Gasteiger partial charge in [0.15, 0.2) is 0 Å². The van der Waals surface area contributed by atoms with E-state index in [0.717, 1.165) is 26.2 Å². The second-order valence-corrected chi connectivity index (χ2v) is 5.02. The predicted molar refractivity (Wildman–Crippen MR) is 71.0 cm³/mol. The van der Waals surface area contributed by atoms with Crippen LogP contribution in [-0.2, 0) is 6.54 Å². The van der Waals surface area contributed by atoms with E-state index >= 15 is 0 Å². The van der Waals surface area contributed by atoms with Gasteiger partial charge in [-0.05, 0) is 20.2 Å². The minimum atomic E-state index is -0.520. The van der Waals surface area contributed by atoms with E-state index < -0.39 is 4.92 Å². The molecule has 7 heteroatoms. The molecule has 1 fully saturated rings. The van der Waals surface area contributed by atoms with Crippen molar-refractivity contribution in [3.63, 3.8) is 0 Å². The van der Waals surface area contributed by atoms with E-state index in [-0.39, 0.29) is 5.88 Å². The summed E-state index contributed by atoms with van der Waals surface area (Å²) >= 11 is 0. The van der Waals surface area contributed by atoms with Gasteiger partial charge in [-0.25, -0.2) is 0 Å². The zero-order valence-electron chi connectivity index (χ0n) is 11.3. The van der Waals surface area contributed by atoms with Crippen LogP contribution in [-0.4, -0.2) is 61.0 Å². The van der Waals surface area contributed by atoms with E-state index in [4.69, 9.17) is 4.42 Å².